The molecule has 0 atom stereocenters. The van der Waals surface area contributed by atoms with E-state index in [1.165, 1.54) is 0 Å². The van der Waals surface area contributed by atoms with Gasteiger partial charge in [-0.25, -0.2) is 0 Å². The first-order valence-corrected chi connectivity index (χ1v) is 7.44. The second kappa shape index (κ2) is 5.21. The summed E-state index contributed by atoms with van der Waals surface area (Å²) in [5, 5.41) is 4.59. The molecule has 0 N–H and O–H groups in total. The molecule has 0 aliphatic rings. The lowest BCUT2D eigenvalue weighted by Crippen LogP contribution is -2.23. The average molecular weight is 386 g/mol. The maximum absolute atomic E-state index is 11.4. The Morgan fingerprint density at radius 1 is 1.21 bits per heavy atom. The van der Waals surface area contributed by atoms with E-state index in [9.17, 15) is 4.79 Å². The third-order valence-corrected chi connectivity index (χ3v) is 4.20. The van der Waals surface area contributed by atoms with Crippen molar-refractivity contribution in [2.24, 2.45) is 0 Å². The standard InChI is InChI=1S/C14H14Br2N2O/c1-14(2,3)18-13(16)10(8-19)12(17-18)9-6-4-5-7-11(9)15/h4-8H,1-3H3. The van der Waals surface area contributed by atoms with E-state index in [4.69, 9.17) is 0 Å². The van der Waals surface area contributed by atoms with Crippen LogP contribution in [0.4, 0.5) is 0 Å². The molecule has 0 radical (unpaired) electrons. The van der Waals surface area contributed by atoms with E-state index >= 15 is 0 Å². The van der Waals surface area contributed by atoms with Gasteiger partial charge in [-0.2, -0.15) is 5.10 Å². The Kier molecular flexibility index (Phi) is 3.97. The van der Waals surface area contributed by atoms with Gasteiger partial charge in [0.2, 0.25) is 0 Å². The van der Waals surface area contributed by atoms with Crippen LogP contribution in [-0.4, -0.2) is 16.1 Å². The van der Waals surface area contributed by atoms with Crippen LogP contribution < -0.4 is 0 Å². The molecule has 0 saturated heterocycles. The Balaban J connectivity index is 2.72. The van der Waals surface area contributed by atoms with Gasteiger partial charge >= 0.3 is 0 Å². The fraction of sp³-hybridized carbons (Fsp3) is 0.286. The highest BCUT2D eigenvalue weighted by molar-refractivity contribution is 9.10. The van der Waals surface area contributed by atoms with Crippen LogP contribution in [0, 0.1) is 0 Å². The molecule has 1 heterocycles. The van der Waals surface area contributed by atoms with E-state index in [1.54, 1.807) is 0 Å². The number of nitrogens with zero attached hydrogens (tertiary/aromatic N) is 2. The van der Waals surface area contributed by atoms with Crippen molar-refractivity contribution in [3.05, 3.63) is 38.9 Å². The molecule has 2 rings (SSSR count). The van der Waals surface area contributed by atoms with Crippen LogP contribution in [0.2, 0.25) is 0 Å². The minimum absolute atomic E-state index is 0.198. The summed E-state index contributed by atoms with van der Waals surface area (Å²) in [5.74, 6) is 0. The first-order valence-electron chi connectivity index (χ1n) is 5.85. The minimum atomic E-state index is -0.198. The third kappa shape index (κ3) is 2.67. The maximum atomic E-state index is 11.4. The van der Waals surface area contributed by atoms with E-state index in [1.807, 2.05) is 49.7 Å². The van der Waals surface area contributed by atoms with Crippen molar-refractivity contribution in [2.75, 3.05) is 0 Å². The molecule has 5 heteroatoms. The van der Waals surface area contributed by atoms with Crippen LogP contribution >= 0.6 is 31.9 Å². The minimum Gasteiger partial charge on any atom is -0.298 e. The number of benzene rings is 1. The largest absolute Gasteiger partial charge is 0.298 e. The molecule has 0 unspecified atom stereocenters. The monoisotopic (exact) mass is 384 g/mol. The molecular formula is C14H14Br2N2O. The van der Waals surface area contributed by atoms with Crippen molar-refractivity contribution in [3.63, 3.8) is 0 Å². The summed E-state index contributed by atoms with van der Waals surface area (Å²) in [7, 11) is 0. The summed E-state index contributed by atoms with van der Waals surface area (Å²) < 4.78 is 3.45. The van der Waals surface area contributed by atoms with Gasteiger partial charge in [0.15, 0.2) is 6.29 Å². The SMILES string of the molecule is CC(C)(C)n1nc(-c2ccccc2Br)c(C=O)c1Br. The Labute approximate surface area is 129 Å². The van der Waals surface area contributed by atoms with Crippen molar-refractivity contribution in [3.8, 4) is 11.3 Å². The highest BCUT2D eigenvalue weighted by atomic mass is 79.9. The van der Waals surface area contributed by atoms with E-state index in [2.05, 4.69) is 37.0 Å². The molecule has 19 heavy (non-hydrogen) atoms. The second-order valence-corrected chi connectivity index (χ2v) is 6.84. The van der Waals surface area contributed by atoms with Gasteiger partial charge in [-0.3, -0.25) is 9.48 Å². The summed E-state index contributed by atoms with van der Waals surface area (Å²) >= 11 is 6.97. The third-order valence-electron chi connectivity index (χ3n) is 2.75. The molecule has 0 aliphatic carbocycles. The molecule has 0 aliphatic heterocycles. The highest BCUT2D eigenvalue weighted by Gasteiger charge is 2.24. The van der Waals surface area contributed by atoms with Crippen LogP contribution in [0.15, 0.2) is 33.3 Å². The second-order valence-electron chi connectivity index (χ2n) is 5.23. The Hall–Kier alpha value is -0.940. The molecule has 1 aromatic carbocycles. The van der Waals surface area contributed by atoms with Crippen molar-refractivity contribution in [1.29, 1.82) is 0 Å². The molecule has 0 bridgehead atoms. The normalized spacial score (nSPS) is 11.6. The number of aromatic nitrogens is 2. The lowest BCUT2D eigenvalue weighted by molar-refractivity contribution is 0.112. The number of carbonyl (C=O) groups excluding carboxylic acids is 1. The highest BCUT2D eigenvalue weighted by Crippen LogP contribution is 2.34. The van der Waals surface area contributed by atoms with Gasteiger partial charge in [-0.05, 0) is 42.8 Å². The van der Waals surface area contributed by atoms with Crippen LogP contribution in [0.1, 0.15) is 31.1 Å². The van der Waals surface area contributed by atoms with Crippen LogP contribution in [-0.2, 0) is 5.54 Å². The number of rotatable bonds is 2. The Morgan fingerprint density at radius 3 is 2.37 bits per heavy atom. The van der Waals surface area contributed by atoms with E-state index in [0.29, 0.717) is 15.9 Å². The van der Waals surface area contributed by atoms with Gasteiger partial charge in [0.25, 0.3) is 0 Å². The summed E-state index contributed by atoms with van der Waals surface area (Å²) in [6.45, 7) is 6.13. The molecule has 0 saturated carbocycles. The molecular weight excluding hydrogens is 372 g/mol. The topological polar surface area (TPSA) is 34.9 Å². The van der Waals surface area contributed by atoms with Crippen LogP contribution in [0.5, 0.6) is 0 Å². The quantitative estimate of drug-likeness (QED) is 0.705. The molecule has 100 valence electrons. The van der Waals surface area contributed by atoms with Crippen molar-refractivity contribution < 1.29 is 4.79 Å². The summed E-state index contributed by atoms with van der Waals surface area (Å²) in [4.78, 5) is 11.4. The first-order chi connectivity index (χ1) is 8.86. The van der Waals surface area contributed by atoms with Gasteiger partial charge in [0, 0.05) is 10.0 Å². The van der Waals surface area contributed by atoms with Gasteiger partial charge < -0.3 is 0 Å². The van der Waals surface area contributed by atoms with Crippen molar-refractivity contribution in [1.82, 2.24) is 9.78 Å². The van der Waals surface area contributed by atoms with Gasteiger partial charge in [-0.15, -0.1) is 0 Å². The molecule has 0 amide bonds. The Morgan fingerprint density at radius 2 is 1.84 bits per heavy atom. The van der Waals surface area contributed by atoms with Crippen molar-refractivity contribution >= 4 is 38.1 Å². The zero-order valence-corrected chi connectivity index (χ0v) is 14.1. The first kappa shape index (κ1) is 14.5. The average Bonchev–Trinajstić information content (AvgIpc) is 2.66. The summed E-state index contributed by atoms with van der Waals surface area (Å²) in [6, 6.07) is 7.75. The fourth-order valence-electron chi connectivity index (χ4n) is 1.81. The lowest BCUT2D eigenvalue weighted by Gasteiger charge is -2.20. The molecule has 3 nitrogen and oxygen atoms in total. The van der Waals surface area contributed by atoms with E-state index in [-0.39, 0.29) is 5.54 Å². The zero-order chi connectivity index (χ0) is 14.2. The number of hydrogen-bond acceptors (Lipinski definition) is 2. The molecule has 2 aromatic rings. The smallest absolute Gasteiger partial charge is 0.155 e. The number of carbonyl (C=O) groups is 1. The Bertz CT molecular complexity index is 627. The number of halogens is 2. The van der Waals surface area contributed by atoms with Gasteiger partial charge in [-0.1, -0.05) is 34.1 Å². The zero-order valence-electron chi connectivity index (χ0n) is 10.9. The number of aldehydes is 1. The molecule has 0 fully saturated rings. The fourth-order valence-corrected chi connectivity index (χ4v) is 3.18. The van der Waals surface area contributed by atoms with Gasteiger partial charge in [0.05, 0.1) is 11.1 Å². The number of hydrogen-bond donors (Lipinski definition) is 0. The van der Waals surface area contributed by atoms with Crippen LogP contribution in [0.25, 0.3) is 11.3 Å². The molecule has 1 aromatic heterocycles. The summed E-state index contributed by atoms with van der Waals surface area (Å²) in [6.07, 6.45) is 0.841. The van der Waals surface area contributed by atoms with E-state index in [0.717, 1.165) is 16.3 Å². The van der Waals surface area contributed by atoms with E-state index < -0.39 is 0 Å². The van der Waals surface area contributed by atoms with Crippen LogP contribution in [0.3, 0.4) is 0 Å². The molecule has 0 spiro atoms. The van der Waals surface area contributed by atoms with Crippen molar-refractivity contribution in [2.45, 2.75) is 26.3 Å². The lowest BCUT2D eigenvalue weighted by atomic mass is 10.1. The predicted octanol–water partition coefficient (Wildman–Crippen LogP) is 4.64. The summed E-state index contributed by atoms with van der Waals surface area (Å²) in [5.41, 5.74) is 1.97. The predicted molar refractivity (Wildman–Crippen MR) is 83.4 cm³/mol. The van der Waals surface area contributed by atoms with Gasteiger partial charge in [0.1, 0.15) is 10.3 Å². The maximum Gasteiger partial charge on any atom is 0.155 e.